The normalized spacial score (nSPS) is 34.6. The highest BCUT2D eigenvalue weighted by atomic mass is 16.4. The molecule has 1 saturated heterocycles. The number of carbonyl (C=O) groups is 1. The summed E-state index contributed by atoms with van der Waals surface area (Å²) in [5.74, 6) is 0.419. The number of piperidine rings is 1. The van der Waals surface area contributed by atoms with Crippen LogP contribution in [-0.4, -0.2) is 35.1 Å². The van der Waals surface area contributed by atoms with Crippen molar-refractivity contribution in [2.75, 3.05) is 13.1 Å². The molecule has 0 amide bonds. The molecule has 2 rings (SSSR count). The summed E-state index contributed by atoms with van der Waals surface area (Å²) in [6.07, 6.45) is 6.07. The van der Waals surface area contributed by atoms with Crippen molar-refractivity contribution in [2.45, 2.75) is 72.8 Å². The van der Waals surface area contributed by atoms with Gasteiger partial charge in [0.15, 0.2) is 0 Å². The molecule has 1 saturated carbocycles. The summed E-state index contributed by atoms with van der Waals surface area (Å²) in [5, 5.41) is 9.50. The van der Waals surface area contributed by atoms with E-state index in [1.54, 1.807) is 0 Å². The molecule has 1 aliphatic heterocycles. The summed E-state index contributed by atoms with van der Waals surface area (Å²) >= 11 is 0. The first-order valence-electron chi connectivity index (χ1n) is 8.59. The Hall–Kier alpha value is -0.570. The molecule has 1 N–H and O–H groups in total. The highest BCUT2D eigenvalue weighted by molar-refractivity contribution is 5.74. The maximum Gasteiger partial charge on any atom is 0.309 e. The van der Waals surface area contributed by atoms with Gasteiger partial charge >= 0.3 is 5.97 Å². The Bertz CT molecular complexity index is 389. The summed E-state index contributed by atoms with van der Waals surface area (Å²) in [6, 6.07) is 0.649. The zero-order valence-corrected chi connectivity index (χ0v) is 14.5. The number of rotatable bonds is 3. The van der Waals surface area contributed by atoms with Crippen molar-refractivity contribution in [3.8, 4) is 0 Å². The van der Waals surface area contributed by atoms with Gasteiger partial charge in [-0.25, -0.2) is 0 Å². The molecule has 0 aromatic rings. The van der Waals surface area contributed by atoms with Gasteiger partial charge in [-0.15, -0.1) is 0 Å². The van der Waals surface area contributed by atoms with Gasteiger partial charge in [0.1, 0.15) is 0 Å². The van der Waals surface area contributed by atoms with Crippen molar-refractivity contribution >= 4 is 5.97 Å². The number of aliphatic carboxylic acids is 1. The number of carboxylic acid groups (broad SMARTS) is 1. The minimum absolute atomic E-state index is 0.282. The molecule has 0 aromatic carbocycles. The summed E-state index contributed by atoms with van der Waals surface area (Å²) in [6.45, 7) is 13.1. The van der Waals surface area contributed by atoms with Crippen LogP contribution in [0, 0.1) is 22.7 Å². The fourth-order valence-corrected chi connectivity index (χ4v) is 4.68. The van der Waals surface area contributed by atoms with Gasteiger partial charge in [0, 0.05) is 12.6 Å². The fourth-order valence-electron chi connectivity index (χ4n) is 4.68. The number of nitrogens with zero attached hydrogens (tertiary/aromatic N) is 1. The molecule has 1 heterocycles. The number of likely N-dealkylation sites (tertiary alicyclic amines) is 1. The first-order chi connectivity index (χ1) is 9.62. The van der Waals surface area contributed by atoms with Crippen molar-refractivity contribution < 1.29 is 9.90 Å². The van der Waals surface area contributed by atoms with Crippen molar-refractivity contribution in [1.29, 1.82) is 0 Å². The van der Waals surface area contributed by atoms with Crippen LogP contribution in [0.4, 0.5) is 0 Å². The SMILES string of the molecule is CC1CC(N2CCCC(C(C)(C)C(=O)O)C2)CC(C)(C)C1. The van der Waals surface area contributed by atoms with Crippen molar-refractivity contribution in [2.24, 2.45) is 22.7 Å². The number of hydrogen-bond donors (Lipinski definition) is 1. The Morgan fingerprint density at radius 3 is 2.52 bits per heavy atom. The largest absolute Gasteiger partial charge is 0.481 e. The van der Waals surface area contributed by atoms with Gasteiger partial charge in [0.2, 0.25) is 0 Å². The van der Waals surface area contributed by atoms with Crippen LogP contribution in [0.2, 0.25) is 0 Å². The second-order valence-corrected chi connectivity index (χ2v) is 8.93. The van der Waals surface area contributed by atoms with E-state index in [1.807, 2.05) is 13.8 Å². The molecule has 1 aliphatic carbocycles. The quantitative estimate of drug-likeness (QED) is 0.854. The van der Waals surface area contributed by atoms with Gasteiger partial charge < -0.3 is 10.0 Å². The molecular weight excluding hydrogens is 262 g/mol. The van der Waals surface area contributed by atoms with Crippen LogP contribution in [0.5, 0.6) is 0 Å². The number of carboxylic acids is 1. The first-order valence-corrected chi connectivity index (χ1v) is 8.59. The second-order valence-electron chi connectivity index (χ2n) is 8.93. The molecule has 2 fully saturated rings. The topological polar surface area (TPSA) is 40.5 Å². The van der Waals surface area contributed by atoms with Crippen molar-refractivity contribution in [3.05, 3.63) is 0 Å². The summed E-state index contributed by atoms with van der Waals surface area (Å²) in [7, 11) is 0. The van der Waals surface area contributed by atoms with Gasteiger partial charge in [0.05, 0.1) is 5.41 Å². The molecule has 0 bridgehead atoms. The van der Waals surface area contributed by atoms with Crippen LogP contribution in [0.1, 0.15) is 66.7 Å². The monoisotopic (exact) mass is 295 g/mol. The fraction of sp³-hybridized carbons (Fsp3) is 0.944. The molecule has 122 valence electrons. The smallest absolute Gasteiger partial charge is 0.309 e. The van der Waals surface area contributed by atoms with Crippen molar-refractivity contribution in [1.82, 2.24) is 4.90 Å². The van der Waals surface area contributed by atoms with Crippen LogP contribution in [0.3, 0.4) is 0 Å². The molecule has 2 aliphatic rings. The predicted octanol–water partition coefficient (Wildman–Crippen LogP) is 4.02. The summed E-state index contributed by atoms with van der Waals surface area (Å²) in [4.78, 5) is 14.1. The Labute approximate surface area is 130 Å². The van der Waals surface area contributed by atoms with Crippen LogP contribution in [0.15, 0.2) is 0 Å². The molecule has 3 heteroatoms. The van der Waals surface area contributed by atoms with E-state index < -0.39 is 11.4 Å². The van der Waals surface area contributed by atoms with E-state index >= 15 is 0 Å². The third-order valence-corrected chi connectivity index (χ3v) is 5.90. The lowest BCUT2D eigenvalue weighted by molar-refractivity contribution is -0.152. The summed E-state index contributed by atoms with van der Waals surface area (Å²) < 4.78 is 0. The van der Waals surface area contributed by atoms with Gasteiger partial charge in [-0.05, 0) is 69.7 Å². The Morgan fingerprint density at radius 2 is 1.95 bits per heavy atom. The minimum atomic E-state index is -0.647. The van der Waals surface area contributed by atoms with Gasteiger partial charge in [-0.1, -0.05) is 20.8 Å². The Kier molecular flexibility index (Phi) is 4.72. The van der Waals surface area contributed by atoms with E-state index in [0.29, 0.717) is 11.5 Å². The van der Waals surface area contributed by atoms with E-state index in [0.717, 1.165) is 31.8 Å². The maximum atomic E-state index is 11.5. The highest BCUT2D eigenvalue weighted by Gasteiger charge is 2.42. The summed E-state index contributed by atoms with van der Waals surface area (Å²) in [5.41, 5.74) is -0.175. The zero-order chi connectivity index (χ0) is 15.8. The zero-order valence-electron chi connectivity index (χ0n) is 14.5. The van der Waals surface area contributed by atoms with Gasteiger partial charge in [0.25, 0.3) is 0 Å². The standard InChI is InChI=1S/C18H33NO2/c1-13-9-15(11-17(2,3)10-13)19-8-6-7-14(12-19)18(4,5)16(20)21/h13-15H,6-12H2,1-5H3,(H,20,21). The van der Waals surface area contributed by atoms with E-state index in [1.165, 1.54) is 19.3 Å². The molecule has 3 atom stereocenters. The average Bonchev–Trinajstić information content (AvgIpc) is 2.36. The molecule has 0 spiro atoms. The van der Waals surface area contributed by atoms with Crippen LogP contribution in [-0.2, 0) is 4.79 Å². The molecular formula is C18H33NO2. The van der Waals surface area contributed by atoms with Crippen molar-refractivity contribution in [3.63, 3.8) is 0 Å². The first kappa shape index (κ1) is 16.8. The Morgan fingerprint density at radius 1 is 1.29 bits per heavy atom. The molecule has 21 heavy (non-hydrogen) atoms. The Balaban J connectivity index is 2.06. The molecule has 3 unspecified atom stereocenters. The second kappa shape index (κ2) is 5.91. The van der Waals surface area contributed by atoms with Crippen LogP contribution >= 0.6 is 0 Å². The lowest BCUT2D eigenvalue weighted by atomic mass is 9.69. The lowest BCUT2D eigenvalue weighted by Gasteiger charge is -2.48. The van der Waals surface area contributed by atoms with E-state index in [9.17, 15) is 9.90 Å². The maximum absolute atomic E-state index is 11.5. The van der Waals surface area contributed by atoms with E-state index in [-0.39, 0.29) is 5.92 Å². The average molecular weight is 295 g/mol. The molecule has 3 nitrogen and oxygen atoms in total. The molecule has 0 radical (unpaired) electrons. The number of hydrogen-bond acceptors (Lipinski definition) is 2. The highest BCUT2D eigenvalue weighted by Crippen LogP contribution is 2.42. The predicted molar refractivity (Wildman–Crippen MR) is 86.3 cm³/mol. The third kappa shape index (κ3) is 3.80. The van der Waals surface area contributed by atoms with E-state index in [2.05, 4.69) is 25.7 Å². The van der Waals surface area contributed by atoms with Gasteiger partial charge in [-0.2, -0.15) is 0 Å². The molecule has 0 aromatic heterocycles. The van der Waals surface area contributed by atoms with Crippen LogP contribution in [0.25, 0.3) is 0 Å². The van der Waals surface area contributed by atoms with Gasteiger partial charge in [-0.3, -0.25) is 4.79 Å². The lowest BCUT2D eigenvalue weighted by Crippen LogP contribution is -2.51. The van der Waals surface area contributed by atoms with Crippen LogP contribution < -0.4 is 0 Å². The van der Waals surface area contributed by atoms with E-state index in [4.69, 9.17) is 0 Å². The third-order valence-electron chi connectivity index (χ3n) is 5.90. The minimum Gasteiger partial charge on any atom is -0.481 e.